The van der Waals surface area contributed by atoms with Crippen LogP contribution in [0.3, 0.4) is 0 Å². The van der Waals surface area contributed by atoms with Gasteiger partial charge >= 0.3 is 0 Å². The molecule has 1 unspecified atom stereocenters. The molecule has 0 aliphatic carbocycles. The predicted molar refractivity (Wildman–Crippen MR) is 136 cm³/mol. The molecule has 9 heteroatoms. The summed E-state index contributed by atoms with van der Waals surface area (Å²) in [5.74, 6) is 1.08. The number of hydrogen-bond acceptors (Lipinski definition) is 6. The number of aryl methyl sites for hydroxylation is 1. The lowest BCUT2D eigenvalue weighted by molar-refractivity contribution is 0.120. The quantitative estimate of drug-likeness (QED) is 0.398. The number of anilines is 1. The summed E-state index contributed by atoms with van der Waals surface area (Å²) in [5.41, 5.74) is 2.45. The first-order chi connectivity index (χ1) is 16.8. The van der Waals surface area contributed by atoms with E-state index in [4.69, 9.17) is 9.47 Å². The number of aromatic nitrogens is 2. The molecule has 0 amide bonds. The molecule has 2 aromatic carbocycles. The topological polar surface area (TPSA) is 102 Å². The Morgan fingerprint density at radius 1 is 1.17 bits per heavy atom. The molecule has 4 aromatic rings. The highest BCUT2D eigenvalue weighted by Crippen LogP contribution is 2.38. The Morgan fingerprint density at radius 2 is 2.03 bits per heavy atom. The summed E-state index contributed by atoms with van der Waals surface area (Å²) in [5, 5.41) is 4.09. The van der Waals surface area contributed by atoms with Gasteiger partial charge in [-0.15, -0.1) is 0 Å². The molecule has 1 aliphatic rings. The van der Waals surface area contributed by atoms with Crippen molar-refractivity contribution in [2.75, 3.05) is 24.7 Å². The Balaban J connectivity index is 1.54. The normalized spacial score (nSPS) is 16.0. The molecule has 35 heavy (non-hydrogen) atoms. The van der Waals surface area contributed by atoms with Gasteiger partial charge in [0.05, 0.1) is 11.0 Å². The van der Waals surface area contributed by atoms with Gasteiger partial charge in [-0.05, 0) is 49.2 Å². The number of pyridine rings is 1. The zero-order valence-electron chi connectivity index (χ0n) is 19.6. The average molecular weight is 494 g/mol. The highest BCUT2D eigenvalue weighted by atomic mass is 32.2. The number of nitrogens with zero attached hydrogens (tertiary/aromatic N) is 1. The molecular formula is C26H27N3O5S. The van der Waals surface area contributed by atoms with Crippen LogP contribution in [-0.2, 0) is 21.6 Å². The number of sulfone groups is 1. The van der Waals surface area contributed by atoms with Gasteiger partial charge in [0.2, 0.25) is 0 Å². The van der Waals surface area contributed by atoms with Crippen molar-refractivity contribution in [3.05, 3.63) is 71.3 Å². The van der Waals surface area contributed by atoms with Crippen LogP contribution in [0.15, 0.2) is 70.6 Å². The van der Waals surface area contributed by atoms with Crippen LogP contribution in [0.4, 0.5) is 5.69 Å². The number of nitrogens with one attached hydrogen (secondary N) is 2. The molecule has 0 bridgehead atoms. The molecule has 1 fully saturated rings. The van der Waals surface area contributed by atoms with Crippen LogP contribution in [0.5, 0.6) is 11.5 Å². The minimum absolute atomic E-state index is 0.166. The van der Waals surface area contributed by atoms with Gasteiger partial charge in [-0.1, -0.05) is 6.07 Å². The Bertz CT molecular complexity index is 1550. The number of aromatic amines is 1. The SMILES string of the molecule is Cn1cc(-c2cc(S(C)(=O)=O)ccc2Oc2cccc(NCC3CCCO3)c2)c2cc[nH]c2c1=O. The van der Waals surface area contributed by atoms with E-state index < -0.39 is 9.84 Å². The molecule has 2 N–H and O–H groups in total. The maximum absolute atomic E-state index is 12.6. The minimum atomic E-state index is -3.46. The summed E-state index contributed by atoms with van der Waals surface area (Å²) in [6.07, 6.45) is 6.91. The van der Waals surface area contributed by atoms with E-state index in [1.807, 2.05) is 24.3 Å². The lowest BCUT2D eigenvalue weighted by atomic mass is 10.0. The molecule has 1 aliphatic heterocycles. The predicted octanol–water partition coefficient (Wildman–Crippen LogP) is 4.32. The summed E-state index contributed by atoms with van der Waals surface area (Å²) in [6, 6.07) is 14.2. The summed E-state index contributed by atoms with van der Waals surface area (Å²) in [4.78, 5) is 15.7. The van der Waals surface area contributed by atoms with Crippen molar-refractivity contribution in [2.24, 2.45) is 7.05 Å². The molecule has 1 saturated heterocycles. The van der Waals surface area contributed by atoms with Crippen LogP contribution < -0.4 is 15.6 Å². The van der Waals surface area contributed by atoms with Crippen molar-refractivity contribution >= 4 is 26.4 Å². The highest BCUT2D eigenvalue weighted by molar-refractivity contribution is 7.90. The molecule has 1 atom stereocenters. The van der Waals surface area contributed by atoms with Gasteiger partial charge in [0.25, 0.3) is 5.56 Å². The molecular weight excluding hydrogens is 466 g/mol. The van der Waals surface area contributed by atoms with Crippen molar-refractivity contribution in [3.8, 4) is 22.6 Å². The second kappa shape index (κ2) is 9.24. The number of hydrogen-bond donors (Lipinski definition) is 2. The van der Waals surface area contributed by atoms with E-state index in [1.54, 1.807) is 37.6 Å². The third kappa shape index (κ3) is 4.82. The van der Waals surface area contributed by atoms with Crippen LogP contribution >= 0.6 is 0 Å². The summed E-state index contributed by atoms with van der Waals surface area (Å²) < 4.78 is 38.1. The summed E-state index contributed by atoms with van der Waals surface area (Å²) in [6.45, 7) is 1.53. The van der Waals surface area contributed by atoms with Gasteiger partial charge in [-0.3, -0.25) is 4.79 Å². The second-order valence-electron chi connectivity index (χ2n) is 8.80. The van der Waals surface area contributed by atoms with Crippen LogP contribution in [0.2, 0.25) is 0 Å². The van der Waals surface area contributed by atoms with Crippen LogP contribution in [0.25, 0.3) is 22.0 Å². The standard InChI is InChI=1S/C26H27N3O5S/c1-29-16-23(21-10-11-27-25(21)26(29)30)22-14-20(35(2,31)32)8-9-24(22)34-18-6-3-5-17(13-18)28-15-19-7-4-12-33-19/h3,5-6,8-11,13-14,16,19,27-28H,4,7,12,15H2,1-2H3. The maximum atomic E-state index is 12.6. The fraction of sp³-hybridized carbons (Fsp3) is 0.269. The maximum Gasteiger partial charge on any atom is 0.274 e. The van der Waals surface area contributed by atoms with Crippen LogP contribution in [0, 0.1) is 0 Å². The lowest BCUT2D eigenvalue weighted by Gasteiger charge is -2.16. The fourth-order valence-corrected chi connectivity index (χ4v) is 5.00. The van der Waals surface area contributed by atoms with E-state index in [-0.39, 0.29) is 16.6 Å². The molecule has 3 heterocycles. The molecule has 182 valence electrons. The fourth-order valence-electron chi connectivity index (χ4n) is 4.36. The first-order valence-electron chi connectivity index (χ1n) is 11.4. The van der Waals surface area contributed by atoms with E-state index in [1.165, 1.54) is 16.9 Å². The molecule has 8 nitrogen and oxygen atoms in total. The van der Waals surface area contributed by atoms with Gasteiger partial charge in [-0.25, -0.2) is 8.42 Å². The molecule has 0 spiro atoms. The molecule has 2 aromatic heterocycles. The third-order valence-corrected chi connectivity index (χ3v) is 7.29. The largest absolute Gasteiger partial charge is 0.457 e. The first kappa shape index (κ1) is 23.2. The minimum Gasteiger partial charge on any atom is -0.457 e. The van der Waals surface area contributed by atoms with Crippen molar-refractivity contribution in [3.63, 3.8) is 0 Å². The molecule has 0 radical (unpaired) electrons. The number of ether oxygens (including phenoxy) is 2. The zero-order valence-corrected chi connectivity index (χ0v) is 20.4. The number of benzene rings is 2. The number of H-pyrrole nitrogens is 1. The van der Waals surface area contributed by atoms with E-state index in [0.29, 0.717) is 33.5 Å². The average Bonchev–Trinajstić information content (AvgIpc) is 3.53. The first-order valence-corrected chi connectivity index (χ1v) is 13.3. The smallest absolute Gasteiger partial charge is 0.274 e. The Kier molecular flexibility index (Phi) is 6.12. The van der Waals surface area contributed by atoms with E-state index in [2.05, 4.69) is 10.3 Å². The highest BCUT2D eigenvalue weighted by Gasteiger charge is 2.19. The monoisotopic (exact) mass is 493 g/mol. The third-order valence-electron chi connectivity index (χ3n) is 6.18. The van der Waals surface area contributed by atoms with E-state index in [0.717, 1.165) is 31.7 Å². The lowest BCUT2D eigenvalue weighted by Crippen LogP contribution is -2.18. The van der Waals surface area contributed by atoms with E-state index in [9.17, 15) is 13.2 Å². The van der Waals surface area contributed by atoms with Gasteiger partial charge in [-0.2, -0.15) is 0 Å². The van der Waals surface area contributed by atoms with Crippen LogP contribution in [0.1, 0.15) is 12.8 Å². The van der Waals surface area contributed by atoms with Gasteiger partial charge in [0, 0.05) is 67.1 Å². The van der Waals surface area contributed by atoms with Crippen molar-refractivity contribution in [2.45, 2.75) is 23.8 Å². The van der Waals surface area contributed by atoms with Crippen molar-refractivity contribution in [1.29, 1.82) is 0 Å². The second-order valence-corrected chi connectivity index (χ2v) is 10.8. The Labute approximate surface area is 203 Å². The van der Waals surface area contributed by atoms with E-state index >= 15 is 0 Å². The number of rotatable bonds is 7. The van der Waals surface area contributed by atoms with Crippen molar-refractivity contribution < 1.29 is 17.9 Å². The van der Waals surface area contributed by atoms with Gasteiger partial charge in [0.15, 0.2) is 9.84 Å². The van der Waals surface area contributed by atoms with Gasteiger partial charge < -0.3 is 24.3 Å². The Hall–Kier alpha value is -3.56. The zero-order chi connectivity index (χ0) is 24.6. The molecule has 0 saturated carbocycles. The van der Waals surface area contributed by atoms with Crippen molar-refractivity contribution in [1.82, 2.24) is 9.55 Å². The Morgan fingerprint density at radius 3 is 2.80 bits per heavy atom. The van der Waals surface area contributed by atoms with Crippen LogP contribution in [-0.4, -0.2) is 43.5 Å². The summed E-state index contributed by atoms with van der Waals surface area (Å²) in [7, 11) is -1.79. The molecule has 5 rings (SSSR count). The summed E-state index contributed by atoms with van der Waals surface area (Å²) >= 11 is 0. The van der Waals surface area contributed by atoms with Gasteiger partial charge in [0.1, 0.15) is 17.0 Å². The number of fused-ring (bicyclic) bond motifs is 1.